The molecule has 0 saturated carbocycles. The van der Waals surface area contributed by atoms with Crippen LogP contribution in [0.15, 0.2) is 30.5 Å². The maximum absolute atomic E-state index is 13.3. The monoisotopic (exact) mass is 334 g/mol. The van der Waals surface area contributed by atoms with Crippen LogP contribution in [-0.2, 0) is 4.79 Å². The molecule has 0 fully saturated rings. The van der Waals surface area contributed by atoms with Crippen LogP contribution in [0.5, 0.6) is 0 Å². The molecule has 3 N–H and O–H groups in total. The lowest BCUT2D eigenvalue weighted by Gasteiger charge is -2.18. The second-order valence-corrected chi connectivity index (χ2v) is 6.18. The zero-order valence-electron chi connectivity index (χ0n) is 13.4. The number of carbonyl (C=O) groups excluding carboxylic acids is 1. The van der Waals surface area contributed by atoms with E-state index in [9.17, 15) is 13.6 Å². The lowest BCUT2D eigenvalue weighted by Crippen LogP contribution is -2.21. The molecule has 128 valence electrons. The van der Waals surface area contributed by atoms with E-state index in [4.69, 9.17) is 5.73 Å². The fourth-order valence-corrected chi connectivity index (χ4v) is 3.00. The summed E-state index contributed by atoms with van der Waals surface area (Å²) < 4.78 is 27.3. The summed E-state index contributed by atoms with van der Waals surface area (Å²) in [6.45, 7) is -0.975. The molecule has 1 aliphatic heterocycles. The van der Waals surface area contributed by atoms with Crippen molar-refractivity contribution >= 4 is 11.6 Å². The van der Waals surface area contributed by atoms with Crippen LogP contribution in [0.3, 0.4) is 0 Å². The summed E-state index contributed by atoms with van der Waals surface area (Å²) in [6, 6.07) is 7.00. The van der Waals surface area contributed by atoms with Crippen molar-refractivity contribution in [3.8, 4) is 11.3 Å². The second-order valence-electron chi connectivity index (χ2n) is 6.18. The molecule has 1 aromatic heterocycles. The Morgan fingerprint density at radius 1 is 1.38 bits per heavy atom. The zero-order chi connectivity index (χ0) is 17.3. The molecule has 2 aromatic rings. The largest absolute Gasteiger partial charge is 0.333 e. The van der Waals surface area contributed by atoms with Crippen molar-refractivity contribution in [2.45, 2.75) is 38.8 Å². The van der Waals surface area contributed by atoms with Gasteiger partial charge in [0.15, 0.2) is 0 Å². The number of hydrogen-bond donors (Lipinski definition) is 2. The van der Waals surface area contributed by atoms with Gasteiger partial charge < -0.3 is 11.1 Å². The van der Waals surface area contributed by atoms with Crippen molar-refractivity contribution < 1.29 is 13.6 Å². The number of alkyl halides is 2. The molecule has 7 heteroatoms. The number of nitrogens with zero attached hydrogens (tertiary/aromatic N) is 2. The van der Waals surface area contributed by atoms with Crippen molar-refractivity contribution in [3.05, 3.63) is 36.0 Å². The molecule has 2 unspecified atom stereocenters. The van der Waals surface area contributed by atoms with E-state index in [1.165, 1.54) is 6.20 Å². The maximum Gasteiger partial charge on any atom is 0.333 e. The molecule has 1 aromatic carbocycles. The third kappa shape index (κ3) is 3.17. The van der Waals surface area contributed by atoms with Crippen molar-refractivity contribution in [3.63, 3.8) is 0 Å². The molecule has 0 aliphatic carbocycles. The predicted molar refractivity (Wildman–Crippen MR) is 87.5 cm³/mol. The van der Waals surface area contributed by atoms with E-state index in [0.29, 0.717) is 22.4 Å². The average Bonchev–Trinajstić information content (AvgIpc) is 2.97. The number of nitrogens with two attached hydrogens (primary N) is 1. The third-order valence-electron chi connectivity index (χ3n) is 4.43. The Morgan fingerprint density at radius 3 is 2.92 bits per heavy atom. The number of carbonyl (C=O) groups is 1. The number of aromatic nitrogens is 2. The summed E-state index contributed by atoms with van der Waals surface area (Å²) in [4.78, 5) is 12.3. The van der Waals surface area contributed by atoms with E-state index in [2.05, 4.69) is 10.4 Å². The Bertz CT molecular complexity index is 744. The average molecular weight is 334 g/mol. The summed E-state index contributed by atoms with van der Waals surface area (Å²) in [5.74, 6) is -0.423. The highest BCUT2D eigenvalue weighted by Crippen LogP contribution is 2.34. The number of anilines is 1. The lowest BCUT2D eigenvalue weighted by molar-refractivity contribution is -0.119. The van der Waals surface area contributed by atoms with Gasteiger partial charge in [-0.1, -0.05) is 31.5 Å². The molecule has 1 aliphatic rings. The Hall–Kier alpha value is -2.28. The first-order valence-corrected chi connectivity index (χ1v) is 8.00. The van der Waals surface area contributed by atoms with Crippen molar-refractivity contribution in [2.75, 3.05) is 5.32 Å². The topological polar surface area (TPSA) is 72.9 Å². The standard InChI is InChI=1S/C17H20F2N4O/c1-10-4-2-7-13(20)11-5-3-6-12(8-11)15-14(22-16(10)24)9-21-23(15)17(18)19/h3,5-6,8-10,13,17H,2,4,7,20H2,1H3,(H,22,24). The molecule has 2 bridgehead atoms. The molecule has 2 heterocycles. The molecule has 2 atom stereocenters. The van der Waals surface area contributed by atoms with Crippen LogP contribution in [0.4, 0.5) is 14.5 Å². The summed E-state index contributed by atoms with van der Waals surface area (Å²) in [5.41, 5.74) is 8.15. The van der Waals surface area contributed by atoms with Gasteiger partial charge in [0.05, 0.1) is 17.6 Å². The van der Waals surface area contributed by atoms with Crippen LogP contribution in [-0.4, -0.2) is 15.7 Å². The highest BCUT2D eigenvalue weighted by Gasteiger charge is 2.23. The minimum Gasteiger partial charge on any atom is -0.324 e. The van der Waals surface area contributed by atoms with Gasteiger partial charge in [0.25, 0.3) is 0 Å². The maximum atomic E-state index is 13.3. The number of rotatable bonds is 1. The Labute approximate surface area is 138 Å². The summed E-state index contributed by atoms with van der Waals surface area (Å²) in [7, 11) is 0. The first-order valence-electron chi connectivity index (χ1n) is 8.00. The van der Waals surface area contributed by atoms with E-state index in [-0.39, 0.29) is 23.6 Å². The van der Waals surface area contributed by atoms with Gasteiger partial charge in [-0.05, 0) is 24.5 Å². The first kappa shape index (κ1) is 16.6. The first-order chi connectivity index (χ1) is 11.5. The van der Waals surface area contributed by atoms with E-state index in [0.717, 1.165) is 18.4 Å². The van der Waals surface area contributed by atoms with Gasteiger partial charge in [0.1, 0.15) is 0 Å². The fourth-order valence-electron chi connectivity index (χ4n) is 3.00. The van der Waals surface area contributed by atoms with Crippen LogP contribution in [0.1, 0.15) is 44.3 Å². The van der Waals surface area contributed by atoms with Crippen LogP contribution < -0.4 is 11.1 Å². The molecular weight excluding hydrogens is 314 g/mol. The molecule has 0 spiro atoms. The smallest absolute Gasteiger partial charge is 0.324 e. The van der Waals surface area contributed by atoms with E-state index < -0.39 is 6.55 Å². The highest BCUT2D eigenvalue weighted by molar-refractivity contribution is 5.95. The molecule has 24 heavy (non-hydrogen) atoms. The molecular formula is C17H20F2N4O. The van der Waals surface area contributed by atoms with Crippen LogP contribution in [0.25, 0.3) is 11.3 Å². The SMILES string of the molecule is CC1CCCC(N)c2cccc(c2)-c2c(cnn2C(F)F)NC1=O. The van der Waals surface area contributed by atoms with Crippen molar-refractivity contribution in [1.29, 1.82) is 0 Å². The number of halogens is 2. The molecule has 0 radical (unpaired) electrons. The third-order valence-corrected chi connectivity index (χ3v) is 4.43. The molecule has 1 amide bonds. The zero-order valence-corrected chi connectivity index (χ0v) is 13.4. The van der Waals surface area contributed by atoms with E-state index in [1.54, 1.807) is 18.2 Å². The molecule has 3 rings (SSSR count). The van der Waals surface area contributed by atoms with E-state index >= 15 is 0 Å². The van der Waals surface area contributed by atoms with Crippen LogP contribution in [0, 0.1) is 5.92 Å². The minimum atomic E-state index is -2.80. The number of amides is 1. The van der Waals surface area contributed by atoms with Gasteiger partial charge in [0, 0.05) is 17.5 Å². The Kier molecular flexibility index (Phi) is 4.62. The van der Waals surface area contributed by atoms with Gasteiger partial charge in [-0.25, -0.2) is 4.68 Å². The molecule has 0 saturated heterocycles. The van der Waals surface area contributed by atoms with Crippen molar-refractivity contribution in [1.82, 2.24) is 9.78 Å². The fraction of sp³-hybridized carbons (Fsp3) is 0.412. The second kappa shape index (κ2) is 6.68. The molecule has 5 nitrogen and oxygen atoms in total. The number of benzene rings is 1. The summed E-state index contributed by atoms with van der Waals surface area (Å²) in [6.07, 6.45) is 3.52. The van der Waals surface area contributed by atoms with Gasteiger partial charge in [-0.3, -0.25) is 4.79 Å². The minimum absolute atomic E-state index is 0.189. The quantitative estimate of drug-likeness (QED) is 0.835. The lowest BCUT2D eigenvalue weighted by atomic mass is 9.95. The predicted octanol–water partition coefficient (Wildman–Crippen LogP) is 3.70. The number of nitrogens with one attached hydrogen (secondary N) is 1. The van der Waals surface area contributed by atoms with E-state index in [1.807, 2.05) is 13.0 Å². The van der Waals surface area contributed by atoms with Crippen molar-refractivity contribution in [2.24, 2.45) is 11.7 Å². The van der Waals surface area contributed by atoms with Gasteiger partial charge >= 0.3 is 6.55 Å². The number of hydrogen-bond acceptors (Lipinski definition) is 3. The Balaban J connectivity index is 2.15. The van der Waals surface area contributed by atoms with Crippen LogP contribution >= 0.6 is 0 Å². The normalized spacial score (nSPS) is 21.6. The van der Waals surface area contributed by atoms with Crippen LogP contribution in [0.2, 0.25) is 0 Å². The van der Waals surface area contributed by atoms with Gasteiger partial charge in [-0.2, -0.15) is 13.9 Å². The summed E-state index contributed by atoms with van der Waals surface area (Å²) >= 11 is 0. The number of fused-ring (bicyclic) bond motifs is 4. The van der Waals surface area contributed by atoms with Gasteiger partial charge in [0.2, 0.25) is 5.91 Å². The summed E-state index contributed by atoms with van der Waals surface area (Å²) in [5, 5.41) is 6.48. The van der Waals surface area contributed by atoms with Gasteiger partial charge in [-0.15, -0.1) is 0 Å². The Morgan fingerprint density at radius 2 is 2.17 bits per heavy atom. The highest BCUT2D eigenvalue weighted by atomic mass is 19.3.